The predicted molar refractivity (Wildman–Crippen MR) is 145 cm³/mol. The number of aromatic nitrogens is 3. The van der Waals surface area contributed by atoms with Crippen LogP contribution in [-0.2, 0) is 15.0 Å². The monoisotopic (exact) mass is 498 g/mol. The van der Waals surface area contributed by atoms with Gasteiger partial charge in [-0.25, -0.2) is 4.98 Å². The van der Waals surface area contributed by atoms with Crippen LogP contribution in [0.5, 0.6) is 0 Å². The van der Waals surface area contributed by atoms with E-state index < -0.39 is 5.41 Å². The molecule has 1 aromatic carbocycles. The number of aromatic amines is 1. The van der Waals surface area contributed by atoms with Crippen molar-refractivity contribution in [3.8, 4) is 11.1 Å². The quantitative estimate of drug-likeness (QED) is 0.366. The molecule has 0 spiro atoms. The molecule has 0 unspecified atom stereocenters. The molecule has 3 N–H and O–H groups in total. The summed E-state index contributed by atoms with van der Waals surface area (Å²) < 4.78 is 0. The highest BCUT2D eigenvalue weighted by molar-refractivity contribution is 5.99. The third kappa shape index (κ3) is 6.14. The van der Waals surface area contributed by atoms with Crippen molar-refractivity contribution < 1.29 is 9.59 Å². The van der Waals surface area contributed by atoms with E-state index >= 15 is 0 Å². The molecule has 0 radical (unpaired) electrons. The van der Waals surface area contributed by atoms with Crippen molar-refractivity contribution in [1.29, 1.82) is 0 Å². The van der Waals surface area contributed by atoms with Crippen LogP contribution in [0.1, 0.15) is 56.7 Å². The maximum Gasteiger partial charge on any atom is 0.249 e. The predicted octanol–water partition coefficient (Wildman–Crippen LogP) is 4.86. The summed E-state index contributed by atoms with van der Waals surface area (Å²) in [5.41, 5.74) is 3.06. The van der Waals surface area contributed by atoms with Gasteiger partial charge in [-0.15, -0.1) is 0 Å². The summed E-state index contributed by atoms with van der Waals surface area (Å²) in [7, 11) is 0. The number of nitrogens with zero attached hydrogens (tertiary/aromatic N) is 3. The fraction of sp³-hybridized carbons (Fsp3) is 0.379. The molecule has 2 fully saturated rings. The van der Waals surface area contributed by atoms with Crippen LogP contribution >= 0.6 is 0 Å². The molecule has 1 aliphatic carbocycles. The fourth-order valence-electron chi connectivity index (χ4n) is 4.58. The van der Waals surface area contributed by atoms with Gasteiger partial charge in [0.2, 0.25) is 11.8 Å². The first-order chi connectivity index (χ1) is 17.9. The lowest BCUT2D eigenvalue weighted by Gasteiger charge is -2.24. The number of carbonyl (C=O) groups excluding carboxylic acids is 2. The number of pyridine rings is 1. The second-order valence-corrected chi connectivity index (χ2v) is 10.5. The minimum absolute atomic E-state index is 0.118. The zero-order chi connectivity index (χ0) is 25.8. The highest BCUT2D eigenvalue weighted by Gasteiger charge is 2.31. The Kier molecular flexibility index (Phi) is 7.19. The number of hydrogen-bond donors (Lipinski definition) is 3. The number of anilines is 2. The van der Waals surface area contributed by atoms with Crippen LogP contribution in [-0.4, -0.2) is 51.5 Å². The lowest BCUT2D eigenvalue weighted by Crippen LogP contribution is -2.34. The Morgan fingerprint density at radius 2 is 1.86 bits per heavy atom. The smallest absolute Gasteiger partial charge is 0.249 e. The van der Waals surface area contributed by atoms with Crippen LogP contribution in [0.3, 0.4) is 0 Å². The Morgan fingerprint density at radius 1 is 1.05 bits per heavy atom. The average molecular weight is 499 g/mol. The zero-order valence-electron chi connectivity index (χ0n) is 21.5. The van der Waals surface area contributed by atoms with E-state index in [1.165, 1.54) is 25.7 Å². The van der Waals surface area contributed by atoms with Gasteiger partial charge in [0.25, 0.3) is 0 Å². The van der Waals surface area contributed by atoms with Crippen molar-refractivity contribution >= 4 is 23.5 Å². The molecule has 37 heavy (non-hydrogen) atoms. The van der Waals surface area contributed by atoms with Crippen molar-refractivity contribution in [3.63, 3.8) is 0 Å². The van der Waals surface area contributed by atoms with Crippen LogP contribution in [0, 0.1) is 0 Å². The van der Waals surface area contributed by atoms with E-state index in [-0.39, 0.29) is 11.8 Å². The number of H-pyrrole nitrogens is 1. The number of amides is 2. The van der Waals surface area contributed by atoms with E-state index in [1.54, 1.807) is 18.3 Å². The molecular formula is C29H34N6O2. The van der Waals surface area contributed by atoms with Gasteiger partial charge in [-0.2, -0.15) is 5.10 Å². The number of benzene rings is 1. The van der Waals surface area contributed by atoms with E-state index in [9.17, 15) is 9.59 Å². The molecule has 1 saturated carbocycles. The first kappa shape index (κ1) is 24.9. The molecule has 8 heteroatoms. The van der Waals surface area contributed by atoms with Gasteiger partial charge in [0, 0.05) is 42.1 Å². The molecule has 0 atom stereocenters. The molecule has 3 heterocycles. The van der Waals surface area contributed by atoms with Crippen molar-refractivity contribution in [2.45, 2.75) is 50.9 Å². The number of carbonyl (C=O) groups is 2. The van der Waals surface area contributed by atoms with Gasteiger partial charge in [-0.1, -0.05) is 30.3 Å². The first-order valence-electron chi connectivity index (χ1n) is 13.0. The molecule has 3 aromatic rings. The van der Waals surface area contributed by atoms with E-state index in [1.807, 2.05) is 56.3 Å². The summed E-state index contributed by atoms with van der Waals surface area (Å²) in [4.78, 5) is 32.1. The molecule has 1 aliphatic heterocycles. The third-order valence-corrected chi connectivity index (χ3v) is 7.19. The Morgan fingerprint density at radius 3 is 2.59 bits per heavy atom. The summed E-state index contributed by atoms with van der Waals surface area (Å²) in [5.74, 6) is 1.30. The van der Waals surface area contributed by atoms with Gasteiger partial charge >= 0.3 is 0 Å². The maximum absolute atomic E-state index is 13.1. The van der Waals surface area contributed by atoms with Crippen LogP contribution in [0.15, 0.2) is 60.8 Å². The summed E-state index contributed by atoms with van der Waals surface area (Å²) in [6, 6.07) is 13.5. The fourth-order valence-corrected chi connectivity index (χ4v) is 4.58. The Balaban J connectivity index is 1.21. The molecule has 192 valence electrons. The maximum atomic E-state index is 13.1. The van der Waals surface area contributed by atoms with Gasteiger partial charge in [0.15, 0.2) is 5.82 Å². The lowest BCUT2D eigenvalue weighted by atomic mass is 9.82. The molecule has 2 aromatic heterocycles. The molecular weight excluding hydrogens is 464 g/mol. The van der Waals surface area contributed by atoms with Gasteiger partial charge < -0.3 is 10.6 Å². The van der Waals surface area contributed by atoms with E-state index in [4.69, 9.17) is 0 Å². The molecule has 1 saturated heterocycles. The average Bonchev–Trinajstić information content (AvgIpc) is 3.41. The Hall–Kier alpha value is -3.78. The second-order valence-electron chi connectivity index (χ2n) is 10.5. The van der Waals surface area contributed by atoms with Crippen molar-refractivity contribution in [2.75, 3.05) is 30.3 Å². The van der Waals surface area contributed by atoms with Crippen LogP contribution < -0.4 is 10.6 Å². The Labute approximate surface area is 217 Å². The number of likely N-dealkylation sites (tertiary alicyclic amines) is 1. The summed E-state index contributed by atoms with van der Waals surface area (Å²) in [6.07, 6.45) is 10.0. The van der Waals surface area contributed by atoms with E-state index in [0.29, 0.717) is 17.6 Å². The third-order valence-electron chi connectivity index (χ3n) is 7.19. The van der Waals surface area contributed by atoms with E-state index in [0.717, 1.165) is 42.0 Å². The molecule has 5 rings (SSSR count). The highest BCUT2D eigenvalue weighted by Crippen LogP contribution is 2.39. The number of nitrogens with one attached hydrogen (secondary N) is 3. The van der Waals surface area contributed by atoms with Gasteiger partial charge in [0.1, 0.15) is 5.82 Å². The first-order valence-corrected chi connectivity index (χ1v) is 13.0. The molecule has 0 bridgehead atoms. The molecule has 2 amide bonds. The minimum Gasteiger partial charge on any atom is -0.308 e. The van der Waals surface area contributed by atoms with Crippen molar-refractivity contribution in [2.24, 2.45) is 0 Å². The standard InChI is InChI=1S/C29H34N6O2/c1-29(2,28(37)32-26-18-24(33-34-26)20-10-11-20)23-8-5-7-21(17-23)22-12-13-25(30-19-22)31-27(36)9-6-16-35-14-3-4-15-35/h5-9,12-13,17-20H,3-4,10-11,14-16H2,1-2H3,(H,30,31,36)(H2,32,33,34,37)/b9-6+. The van der Waals surface area contributed by atoms with Gasteiger partial charge in [-0.05, 0) is 75.9 Å². The van der Waals surface area contributed by atoms with Crippen LogP contribution in [0.4, 0.5) is 11.6 Å². The zero-order valence-corrected chi connectivity index (χ0v) is 21.5. The normalized spacial score (nSPS) is 16.3. The van der Waals surface area contributed by atoms with Crippen molar-refractivity contribution in [3.05, 3.63) is 72.1 Å². The van der Waals surface area contributed by atoms with Crippen LogP contribution in [0.25, 0.3) is 11.1 Å². The largest absolute Gasteiger partial charge is 0.308 e. The van der Waals surface area contributed by atoms with Gasteiger partial charge in [-0.3, -0.25) is 19.6 Å². The lowest BCUT2D eigenvalue weighted by molar-refractivity contribution is -0.120. The highest BCUT2D eigenvalue weighted by atomic mass is 16.2. The molecule has 2 aliphatic rings. The minimum atomic E-state index is -0.766. The second kappa shape index (κ2) is 10.7. The van der Waals surface area contributed by atoms with Crippen molar-refractivity contribution in [1.82, 2.24) is 20.1 Å². The Bertz CT molecular complexity index is 1280. The molecule has 8 nitrogen and oxygen atoms in total. The topological polar surface area (TPSA) is 103 Å². The van der Waals surface area contributed by atoms with Crippen LogP contribution in [0.2, 0.25) is 0 Å². The summed E-state index contributed by atoms with van der Waals surface area (Å²) in [5, 5.41) is 13.1. The van der Waals surface area contributed by atoms with E-state index in [2.05, 4.69) is 30.7 Å². The SMILES string of the molecule is CC(C)(C(=O)Nc1cc(C2CC2)[nH]n1)c1cccc(-c2ccc(NC(=O)/C=C/CN3CCCC3)nc2)c1. The van der Waals surface area contributed by atoms with Gasteiger partial charge in [0.05, 0.1) is 5.41 Å². The summed E-state index contributed by atoms with van der Waals surface area (Å²) in [6.45, 7) is 6.81. The number of hydrogen-bond acceptors (Lipinski definition) is 5. The number of rotatable bonds is 9. The summed E-state index contributed by atoms with van der Waals surface area (Å²) >= 11 is 0.